The number of piperidine rings is 1. The van der Waals surface area contributed by atoms with Crippen LogP contribution in [0.15, 0.2) is 35.7 Å². The molecule has 1 aromatic rings. The summed E-state index contributed by atoms with van der Waals surface area (Å²) >= 11 is 0. The van der Waals surface area contributed by atoms with Gasteiger partial charge >= 0.3 is 6.18 Å². The fourth-order valence-electron chi connectivity index (χ4n) is 4.61. The van der Waals surface area contributed by atoms with Gasteiger partial charge in [0.15, 0.2) is 0 Å². The van der Waals surface area contributed by atoms with Crippen molar-refractivity contribution in [3.63, 3.8) is 0 Å². The first-order chi connectivity index (χ1) is 15.9. The van der Waals surface area contributed by atoms with Gasteiger partial charge in [-0.1, -0.05) is 26.0 Å². The van der Waals surface area contributed by atoms with Gasteiger partial charge in [-0.25, -0.2) is 0 Å². The molecule has 188 valence electrons. The molecule has 0 saturated carbocycles. The Hall–Kier alpha value is -2.55. The second-order valence-corrected chi connectivity index (χ2v) is 9.85. The summed E-state index contributed by atoms with van der Waals surface area (Å²) in [6.07, 6.45) is -2.64. The third kappa shape index (κ3) is 6.74. The molecule has 1 atom stereocenters. The van der Waals surface area contributed by atoms with Gasteiger partial charge in [0.05, 0.1) is 12.0 Å². The average molecular weight is 480 g/mol. The van der Waals surface area contributed by atoms with Gasteiger partial charge in [0.2, 0.25) is 5.91 Å². The number of hydrogen-bond donors (Lipinski definition) is 3. The molecule has 3 rings (SSSR count). The summed E-state index contributed by atoms with van der Waals surface area (Å²) in [5.41, 5.74) is 2.53. The van der Waals surface area contributed by atoms with Crippen molar-refractivity contribution in [1.29, 1.82) is 5.41 Å². The Labute approximate surface area is 200 Å². The van der Waals surface area contributed by atoms with E-state index in [1.807, 2.05) is 11.8 Å². The molecule has 2 aliphatic heterocycles. The summed E-state index contributed by atoms with van der Waals surface area (Å²) in [6.45, 7) is 11.0. The van der Waals surface area contributed by atoms with E-state index in [9.17, 15) is 18.0 Å². The van der Waals surface area contributed by atoms with Gasteiger partial charge in [0, 0.05) is 49.3 Å². The Bertz CT molecular complexity index is 902. The molecule has 0 aliphatic carbocycles. The lowest BCUT2D eigenvalue weighted by atomic mass is 10.0. The number of alkyl halides is 3. The number of halogens is 3. The number of carbonyl (C=O) groups excluding carboxylic acids is 1. The first-order valence-corrected chi connectivity index (χ1v) is 11.9. The van der Waals surface area contributed by atoms with Gasteiger partial charge in [-0.15, -0.1) is 0 Å². The Morgan fingerprint density at radius 3 is 2.32 bits per heavy atom. The summed E-state index contributed by atoms with van der Waals surface area (Å²) < 4.78 is 38.5. The van der Waals surface area contributed by atoms with Crippen LogP contribution >= 0.6 is 0 Å². The largest absolute Gasteiger partial charge is 0.416 e. The highest BCUT2D eigenvalue weighted by Gasteiger charge is 2.32. The van der Waals surface area contributed by atoms with E-state index in [2.05, 4.69) is 29.4 Å². The van der Waals surface area contributed by atoms with Crippen molar-refractivity contribution in [2.45, 2.75) is 65.3 Å². The smallest absolute Gasteiger partial charge is 0.364 e. The molecular formula is C25H36F3N5O. The van der Waals surface area contributed by atoms with E-state index in [1.165, 1.54) is 12.1 Å². The third-order valence-electron chi connectivity index (χ3n) is 6.38. The minimum atomic E-state index is -4.34. The molecular weight excluding hydrogens is 443 g/mol. The number of nitrogens with zero attached hydrogens (tertiary/aromatic N) is 2. The van der Waals surface area contributed by atoms with Crippen molar-refractivity contribution < 1.29 is 18.0 Å². The molecule has 9 heteroatoms. The van der Waals surface area contributed by atoms with E-state index in [0.717, 1.165) is 61.6 Å². The molecule has 2 aliphatic rings. The zero-order chi connectivity index (χ0) is 25.0. The lowest BCUT2D eigenvalue weighted by molar-refractivity contribution is -0.137. The molecule has 0 spiro atoms. The van der Waals surface area contributed by atoms with Crippen LogP contribution in [0.25, 0.3) is 0 Å². The van der Waals surface area contributed by atoms with Gasteiger partial charge in [-0.2, -0.15) is 13.2 Å². The van der Waals surface area contributed by atoms with Crippen molar-refractivity contribution in [2.75, 3.05) is 26.2 Å². The molecule has 1 unspecified atom stereocenters. The normalized spacial score (nSPS) is 19.8. The van der Waals surface area contributed by atoms with Gasteiger partial charge in [-0.3, -0.25) is 9.69 Å². The van der Waals surface area contributed by atoms with Crippen LogP contribution in [0.4, 0.5) is 13.2 Å². The van der Waals surface area contributed by atoms with Crippen molar-refractivity contribution in [3.8, 4) is 0 Å². The van der Waals surface area contributed by atoms with Crippen molar-refractivity contribution in [1.82, 2.24) is 20.4 Å². The minimum absolute atomic E-state index is 0.0410. The van der Waals surface area contributed by atoms with Crippen LogP contribution in [0.3, 0.4) is 0 Å². The summed E-state index contributed by atoms with van der Waals surface area (Å²) in [5.74, 6) is 0.413. The molecule has 3 N–H and O–H groups in total. The topological polar surface area (TPSA) is 71.5 Å². The molecule has 2 heterocycles. The molecule has 1 saturated heterocycles. The Balaban J connectivity index is 1.55. The first kappa shape index (κ1) is 26.1. The number of carbonyl (C=O) groups is 1. The van der Waals surface area contributed by atoms with Crippen LogP contribution in [0.2, 0.25) is 0 Å². The molecule has 0 radical (unpaired) electrons. The number of amides is 1. The van der Waals surface area contributed by atoms with Crippen LogP contribution in [-0.4, -0.2) is 53.6 Å². The van der Waals surface area contributed by atoms with Crippen molar-refractivity contribution in [3.05, 3.63) is 46.8 Å². The Kier molecular flexibility index (Phi) is 8.28. The van der Waals surface area contributed by atoms with E-state index in [1.54, 1.807) is 6.92 Å². The molecule has 1 fully saturated rings. The number of likely N-dealkylation sites (tertiary alicyclic amines) is 1. The van der Waals surface area contributed by atoms with E-state index in [-0.39, 0.29) is 24.5 Å². The van der Waals surface area contributed by atoms with Gasteiger partial charge in [-0.05, 0) is 50.3 Å². The molecule has 34 heavy (non-hydrogen) atoms. The van der Waals surface area contributed by atoms with Gasteiger partial charge < -0.3 is 20.9 Å². The number of nitrogens with one attached hydrogen (secondary N) is 3. The fourth-order valence-corrected chi connectivity index (χ4v) is 4.61. The second kappa shape index (κ2) is 10.8. The fraction of sp³-hybridized carbons (Fsp3) is 0.600. The molecule has 6 nitrogen and oxygen atoms in total. The lowest BCUT2D eigenvalue weighted by Crippen LogP contribution is -2.49. The van der Waals surface area contributed by atoms with Crippen LogP contribution in [0, 0.1) is 11.3 Å². The minimum Gasteiger partial charge on any atom is -0.364 e. The predicted octanol–water partition coefficient (Wildman–Crippen LogP) is 4.51. The number of rotatable bonds is 8. The van der Waals surface area contributed by atoms with Crippen LogP contribution in [-0.2, 0) is 11.0 Å². The quantitative estimate of drug-likeness (QED) is 0.480. The molecule has 1 amide bonds. The maximum atomic E-state index is 12.8. The Morgan fingerprint density at radius 1 is 1.18 bits per heavy atom. The zero-order valence-corrected chi connectivity index (χ0v) is 20.4. The maximum absolute atomic E-state index is 12.8. The van der Waals surface area contributed by atoms with E-state index >= 15 is 0 Å². The Morgan fingerprint density at radius 2 is 1.79 bits per heavy atom. The third-order valence-corrected chi connectivity index (χ3v) is 6.38. The highest BCUT2D eigenvalue weighted by Crippen LogP contribution is 2.31. The van der Waals surface area contributed by atoms with Crippen LogP contribution in [0.5, 0.6) is 0 Å². The first-order valence-electron chi connectivity index (χ1n) is 11.9. The van der Waals surface area contributed by atoms with Gasteiger partial charge in [0.1, 0.15) is 6.17 Å². The number of hydrogen-bond acceptors (Lipinski definition) is 5. The van der Waals surface area contributed by atoms with E-state index in [0.29, 0.717) is 18.2 Å². The molecule has 0 bridgehead atoms. The van der Waals surface area contributed by atoms with Crippen LogP contribution < -0.4 is 10.6 Å². The highest BCUT2D eigenvalue weighted by molar-refractivity contribution is 5.98. The summed E-state index contributed by atoms with van der Waals surface area (Å²) in [5, 5.41) is 14.4. The standard InChI is InChI=1S/C25H36F3N5O/c1-16(2)14-33(23(34)13-17(3)29)21-9-11-32(12-10-21)15-22-18(4)30-24(31-22)19-5-7-20(8-6-19)25(26,27)28/h5-8,16,21,24,29-31H,9-15H2,1-4H3. The average Bonchev–Trinajstić information content (AvgIpc) is 3.12. The monoisotopic (exact) mass is 479 g/mol. The number of allylic oxidation sites excluding steroid dienone is 1. The van der Waals surface area contributed by atoms with Crippen molar-refractivity contribution in [2.24, 2.45) is 5.92 Å². The molecule has 1 aromatic carbocycles. The van der Waals surface area contributed by atoms with E-state index < -0.39 is 11.7 Å². The zero-order valence-electron chi connectivity index (χ0n) is 20.4. The van der Waals surface area contributed by atoms with E-state index in [4.69, 9.17) is 5.41 Å². The van der Waals surface area contributed by atoms with Gasteiger partial charge in [0.25, 0.3) is 0 Å². The highest BCUT2D eigenvalue weighted by atomic mass is 19.4. The molecule has 0 aromatic heterocycles. The van der Waals surface area contributed by atoms with Crippen molar-refractivity contribution >= 4 is 11.6 Å². The predicted molar refractivity (Wildman–Crippen MR) is 127 cm³/mol. The second-order valence-electron chi connectivity index (χ2n) is 9.85. The lowest BCUT2D eigenvalue weighted by Gasteiger charge is -2.39. The summed E-state index contributed by atoms with van der Waals surface area (Å²) in [6, 6.07) is 5.43. The summed E-state index contributed by atoms with van der Waals surface area (Å²) in [7, 11) is 0. The van der Waals surface area contributed by atoms with Crippen LogP contribution in [0.1, 0.15) is 64.3 Å². The SMILES string of the molecule is CC(=N)CC(=O)N(CC(C)C)C1CCN(CC2=C(C)NC(c3ccc(C(F)(F)F)cc3)N2)CC1. The maximum Gasteiger partial charge on any atom is 0.416 e. The number of benzene rings is 1. The summed E-state index contributed by atoms with van der Waals surface area (Å²) in [4.78, 5) is 17.0.